The number of nitrogens with one attached hydrogen (secondary N) is 1. The van der Waals surface area contributed by atoms with Crippen LogP contribution >= 0.6 is 27.5 Å². The lowest BCUT2D eigenvalue weighted by Gasteiger charge is -2.10. The highest BCUT2D eigenvalue weighted by Gasteiger charge is 2.01. The lowest BCUT2D eigenvalue weighted by molar-refractivity contribution is 0.251. The second kappa shape index (κ2) is 5.71. The van der Waals surface area contributed by atoms with Crippen LogP contribution in [-0.2, 0) is 6.54 Å². The van der Waals surface area contributed by atoms with Crippen LogP contribution in [0.3, 0.4) is 0 Å². The molecule has 14 heavy (non-hydrogen) atoms. The van der Waals surface area contributed by atoms with E-state index in [2.05, 4.69) is 21.2 Å². The molecule has 0 aromatic heterocycles. The topological polar surface area (TPSA) is 32.3 Å². The van der Waals surface area contributed by atoms with Crippen LogP contribution in [-0.4, -0.2) is 17.8 Å². The molecule has 0 saturated carbocycles. The van der Waals surface area contributed by atoms with E-state index in [9.17, 15) is 0 Å². The molecule has 2 nitrogen and oxygen atoms in total. The molecule has 1 aromatic carbocycles. The van der Waals surface area contributed by atoms with Gasteiger partial charge in [0.25, 0.3) is 0 Å². The zero-order chi connectivity index (χ0) is 10.6. The summed E-state index contributed by atoms with van der Waals surface area (Å²) in [5.41, 5.74) is 1.11. The fraction of sp³-hybridized carbons (Fsp3) is 0.400. The van der Waals surface area contributed by atoms with Gasteiger partial charge in [0, 0.05) is 17.1 Å². The highest BCUT2D eigenvalue weighted by atomic mass is 79.9. The Morgan fingerprint density at radius 1 is 1.57 bits per heavy atom. The highest BCUT2D eigenvalue weighted by Crippen LogP contribution is 2.23. The van der Waals surface area contributed by atoms with Gasteiger partial charge in [0.15, 0.2) is 0 Å². The Morgan fingerprint density at radius 2 is 2.29 bits per heavy atom. The summed E-state index contributed by atoms with van der Waals surface area (Å²) in [6.45, 7) is 2.79. The first-order valence-electron chi connectivity index (χ1n) is 4.41. The monoisotopic (exact) mass is 277 g/mol. The van der Waals surface area contributed by atoms with Gasteiger partial charge >= 0.3 is 0 Å². The van der Waals surface area contributed by atoms with Crippen molar-refractivity contribution in [2.24, 2.45) is 0 Å². The van der Waals surface area contributed by atoms with E-state index in [-0.39, 0.29) is 12.6 Å². The number of halogens is 2. The molecule has 1 unspecified atom stereocenters. The van der Waals surface area contributed by atoms with E-state index >= 15 is 0 Å². The smallest absolute Gasteiger partial charge is 0.0582 e. The first-order chi connectivity index (χ1) is 6.63. The number of rotatable bonds is 4. The van der Waals surface area contributed by atoms with Crippen molar-refractivity contribution in [1.82, 2.24) is 5.32 Å². The minimum absolute atomic E-state index is 0.109. The molecule has 0 spiro atoms. The Labute approximate surface area is 97.4 Å². The van der Waals surface area contributed by atoms with Crippen LogP contribution in [0.4, 0.5) is 0 Å². The van der Waals surface area contributed by atoms with Gasteiger partial charge in [0.05, 0.1) is 11.6 Å². The van der Waals surface area contributed by atoms with E-state index in [1.807, 2.05) is 25.1 Å². The van der Waals surface area contributed by atoms with E-state index in [0.29, 0.717) is 11.6 Å². The zero-order valence-corrected chi connectivity index (χ0v) is 10.3. The van der Waals surface area contributed by atoms with Crippen molar-refractivity contribution >= 4 is 27.5 Å². The SMILES string of the molecule is CC(CO)NCc1ccc(Br)c(Cl)c1. The standard InChI is InChI=1S/C10H13BrClNO/c1-7(6-14)13-5-8-2-3-9(11)10(12)4-8/h2-4,7,13-14H,5-6H2,1H3. The fourth-order valence-electron chi connectivity index (χ4n) is 1.01. The van der Waals surface area contributed by atoms with Crippen LogP contribution in [0, 0.1) is 0 Å². The maximum atomic E-state index is 8.82. The highest BCUT2D eigenvalue weighted by molar-refractivity contribution is 9.10. The van der Waals surface area contributed by atoms with Crippen molar-refractivity contribution in [3.8, 4) is 0 Å². The summed E-state index contributed by atoms with van der Waals surface area (Å²) in [5, 5.41) is 12.7. The van der Waals surface area contributed by atoms with Crippen molar-refractivity contribution in [2.45, 2.75) is 19.5 Å². The van der Waals surface area contributed by atoms with Gasteiger partial charge < -0.3 is 10.4 Å². The molecule has 0 radical (unpaired) electrons. The van der Waals surface area contributed by atoms with E-state index in [1.54, 1.807) is 0 Å². The third-order valence-electron chi connectivity index (χ3n) is 1.91. The van der Waals surface area contributed by atoms with Crippen molar-refractivity contribution in [1.29, 1.82) is 0 Å². The van der Waals surface area contributed by atoms with Crippen molar-refractivity contribution in [3.05, 3.63) is 33.3 Å². The summed E-state index contributed by atoms with van der Waals surface area (Å²) >= 11 is 9.27. The molecule has 78 valence electrons. The Hall–Kier alpha value is -0.0900. The van der Waals surface area contributed by atoms with Gasteiger partial charge in [0.2, 0.25) is 0 Å². The molecule has 0 aliphatic rings. The van der Waals surface area contributed by atoms with Crippen LogP contribution in [0.2, 0.25) is 5.02 Å². The first-order valence-corrected chi connectivity index (χ1v) is 5.58. The molecule has 0 aliphatic carbocycles. The van der Waals surface area contributed by atoms with Crippen LogP contribution in [0.5, 0.6) is 0 Å². The van der Waals surface area contributed by atoms with Gasteiger partial charge in [-0.15, -0.1) is 0 Å². The van der Waals surface area contributed by atoms with Gasteiger partial charge in [0.1, 0.15) is 0 Å². The maximum Gasteiger partial charge on any atom is 0.0582 e. The molecular weight excluding hydrogens is 265 g/mol. The van der Waals surface area contributed by atoms with Gasteiger partial charge in [-0.1, -0.05) is 17.7 Å². The van der Waals surface area contributed by atoms with Gasteiger partial charge in [-0.05, 0) is 40.5 Å². The van der Waals surface area contributed by atoms with Crippen molar-refractivity contribution in [2.75, 3.05) is 6.61 Å². The quantitative estimate of drug-likeness (QED) is 0.887. The van der Waals surface area contributed by atoms with Crippen molar-refractivity contribution in [3.63, 3.8) is 0 Å². The summed E-state index contributed by atoms with van der Waals surface area (Å²) in [6, 6.07) is 5.93. The maximum absolute atomic E-state index is 8.82. The molecule has 1 atom stereocenters. The normalized spacial score (nSPS) is 12.9. The molecule has 0 amide bonds. The molecule has 0 heterocycles. The summed E-state index contributed by atoms with van der Waals surface area (Å²) in [7, 11) is 0. The molecule has 2 N–H and O–H groups in total. The minimum Gasteiger partial charge on any atom is -0.395 e. The van der Waals surface area contributed by atoms with Crippen LogP contribution < -0.4 is 5.32 Å². The fourth-order valence-corrected chi connectivity index (χ4v) is 1.46. The van der Waals surface area contributed by atoms with E-state index < -0.39 is 0 Å². The molecule has 4 heteroatoms. The third kappa shape index (κ3) is 3.58. The average molecular weight is 279 g/mol. The van der Waals surface area contributed by atoms with Crippen molar-refractivity contribution < 1.29 is 5.11 Å². The number of benzene rings is 1. The van der Waals surface area contributed by atoms with Crippen LogP contribution in [0.1, 0.15) is 12.5 Å². The summed E-state index contributed by atoms with van der Waals surface area (Å²) in [4.78, 5) is 0. The van der Waals surface area contributed by atoms with Gasteiger partial charge in [-0.3, -0.25) is 0 Å². The lowest BCUT2D eigenvalue weighted by atomic mass is 10.2. The predicted octanol–water partition coefficient (Wildman–Crippen LogP) is 2.57. The van der Waals surface area contributed by atoms with E-state index in [0.717, 1.165) is 10.0 Å². The van der Waals surface area contributed by atoms with E-state index in [4.69, 9.17) is 16.7 Å². The first kappa shape index (κ1) is 12.0. The Kier molecular flexibility index (Phi) is 4.89. The third-order valence-corrected chi connectivity index (χ3v) is 3.15. The van der Waals surface area contributed by atoms with Gasteiger partial charge in [-0.2, -0.15) is 0 Å². The number of hydrogen-bond donors (Lipinski definition) is 2. The molecule has 0 saturated heterocycles. The van der Waals surface area contributed by atoms with Gasteiger partial charge in [-0.25, -0.2) is 0 Å². The molecule has 1 rings (SSSR count). The summed E-state index contributed by atoms with van der Waals surface area (Å²) < 4.78 is 0.901. The summed E-state index contributed by atoms with van der Waals surface area (Å²) in [6.07, 6.45) is 0. The lowest BCUT2D eigenvalue weighted by Crippen LogP contribution is -2.28. The Balaban J connectivity index is 2.55. The Morgan fingerprint density at radius 3 is 2.86 bits per heavy atom. The average Bonchev–Trinajstić information content (AvgIpc) is 2.19. The number of aliphatic hydroxyl groups excluding tert-OH is 1. The molecular formula is C10H13BrClNO. The predicted molar refractivity (Wildman–Crippen MR) is 62.5 cm³/mol. The summed E-state index contributed by atoms with van der Waals surface area (Å²) in [5.74, 6) is 0. The Bertz CT molecular complexity index is 306. The molecule has 0 aliphatic heterocycles. The number of aliphatic hydroxyl groups is 1. The molecule has 1 aromatic rings. The largest absolute Gasteiger partial charge is 0.395 e. The van der Waals surface area contributed by atoms with E-state index in [1.165, 1.54) is 0 Å². The minimum atomic E-state index is 0.109. The molecule has 0 fully saturated rings. The second-order valence-electron chi connectivity index (χ2n) is 3.21. The number of hydrogen-bond acceptors (Lipinski definition) is 2. The molecule has 0 bridgehead atoms. The second-order valence-corrected chi connectivity index (χ2v) is 4.47. The van der Waals surface area contributed by atoms with Crippen LogP contribution in [0.15, 0.2) is 22.7 Å². The zero-order valence-electron chi connectivity index (χ0n) is 7.93. The van der Waals surface area contributed by atoms with Crippen LogP contribution in [0.25, 0.3) is 0 Å².